The monoisotopic (exact) mass is 195 g/mol. The molecule has 1 aromatic heterocycles. The highest BCUT2D eigenvalue weighted by Crippen LogP contribution is 2.28. The van der Waals surface area contributed by atoms with Gasteiger partial charge in [0.05, 0.1) is 0 Å². The van der Waals surface area contributed by atoms with Crippen molar-refractivity contribution in [1.29, 1.82) is 0 Å². The average Bonchev–Trinajstić information content (AvgIpc) is 2.65. The maximum atomic E-state index is 5.52. The molecule has 2 rings (SSSR count). The van der Waals surface area contributed by atoms with Crippen molar-refractivity contribution in [2.24, 2.45) is 0 Å². The van der Waals surface area contributed by atoms with Gasteiger partial charge in [0.15, 0.2) is 5.82 Å². The van der Waals surface area contributed by atoms with E-state index in [0.717, 1.165) is 38.2 Å². The third-order valence-corrected chi connectivity index (χ3v) is 2.98. The van der Waals surface area contributed by atoms with E-state index in [1.165, 1.54) is 0 Å². The second-order valence-corrected chi connectivity index (χ2v) is 3.86. The van der Waals surface area contributed by atoms with E-state index in [1.807, 2.05) is 6.07 Å². The highest BCUT2D eigenvalue weighted by atomic mass is 16.5. The molecule has 0 saturated carbocycles. The van der Waals surface area contributed by atoms with E-state index >= 15 is 0 Å². The number of anilines is 1. The Balaban J connectivity index is 1.95. The van der Waals surface area contributed by atoms with Gasteiger partial charge >= 0.3 is 0 Å². The fraction of sp³-hybridized carbons (Fsp3) is 0.700. The minimum Gasteiger partial charge on any atom is -0.381 e. The van der Waals surface area contributed by atoms with Gasteiger partial charge in [-0.2, -0.15) is 0 Å². The van der Waals surface area contributed by atoms with Crippen LogP contribution in [0.15, 0.2) is 10.6 Å². The summed E-state index contributed by atoms with van der Waals surface area (Å²) >= 11 is 0. The van der Waals surface area contributed by atoms with Gasteiger partial charge in [0.2, 0.25) is 0 Å². The van der Waals surface area contributed by atoms with Crippen LogP contribution in [0.1, 0.15) is 31.4 Å². The summed E-state index contributed by atoms with van der Waals surface area (Å²) < 4.78 is 5.18. The number of nitrogens with zero attached hydrogens (tertiary/aromatic N) is 2. The third kappa shape index (κ3) is 1.90. The zero-order chi connectivity index (χ0) is 9.97. The summed E-state index contributed by atoms with van der Waals surface area (Å²) in [5, 5.41) is 3.72. The van der Waals surface area contributed by atoms with E-state index < -0.39 is 0 Å². The van der Waals surface area contributed by atoms with Crippen molar-refractivity contribution in [3.8, 4) is 0 Å². The summed E-state index contributed by atoms with van der Waals surface area (Å²) in [5.74, 6) is 1.97. The van der Waals surface area contributed by atoms with Crippen LogP contribution in [0.25, 0.3) is 0 Å². The molecular weight excluding hydrogens is 178 g/mol. The zero-order valence-electron chi connectivity index (χ0n) is 8.57. The highest BCUT2D eigenvalue weighted by molar-refractivity contribution is 5.28. The first-order valence-electron chi connectivity index (χ1n) is 5.24. The van der Waals surface area contributed by atoms with Gasteiger partial charge in [-0.25, -0.2) is 0 Å². The lowest BCUT2D eigenvalue weighted by molar-refractivity contribution is 0.205. The molecule has 1 aromatic rings. The fourth-order valence-electron chi connectivity index (χ4n) is 2.03. The van der Waals surface area contributed by atoms with Crippen LogP contribution in [0.4, 0.5) is 5.82 Å². The van der Waals surface area contributed by atoms with Crippen LogP contribution in [-0.2, 0) is 0 Å². The minimum absolute atomic E-state index is 0.498. The molecule has 1 fully saturated rings. The SMILES string of the molecule is CCN1CCC(c2cc(N)no2)CC1. The molecule has 0 spiro atoms. The fourth-order valence-corrected chi connectivity index (χ4v) is 2.03. The Hall–Kier alpha value is -1.03. The summed E-state index contributed by atoms with van der Waals surface area (Å²) in [5.41, 5.74) is 5.52. The Kier molecular flexibility index (Phi) is 2.72. The van der Waals surface area contributed by atoms with Crippen molar-refractivity contribution < 1.29 is 4.52 Å². The van der Waals surface area contributed by atoms with Crippen LogP contribution >= 0.6 is 0 Å². The first-order chi connectivity index (χ1) is 6.79. The normalized spacial score (nSPS) is 20.1. The van der Waals surface area contributed by atoms with Crippen LogP contribution in [0.5, 0.6) is 0 Å². The molecule has 1 aliphatic heterocycles. The van der Waals surface area contributed by atoms with Gasteiger partial charge in [-0.1, -0.05) is 12.1 Å². The predicted molar refractivity (Wildman–Crippen MR) is 55.0 cm³/mol. The molecule has 2 N–H and O–H groups in total. The second kappa shape index (κ2) is 4.00. The molecule has 0 unspecified atom stereocenters. The lowest BCUT2D eigenvalue weighted by Gasteiger charge is -2.29. The Morgan fingerprint density at radius 2 is 2.29 bits per heavy atom. The van der Waals surface area contributed by atoms with Crippen molar-refractivity contribution in [1.82, 2.24) is 10.1 Å². The van der Waals surface area contributed by atoms with Gasteiger partial charge in [0.25, 0.3) is 0 Å². The standard InChI is InChI=1S/C10H17N3O/c1-2-13-5-3-8(4-6-13)9-7-10(11)12-14-9/h7-8H,2-6H2,1H3,(H2,11,12). The Morgan fingerprint density at radius 1 is 1.57 bits per heavy atom. The molecule has 0 bridgehead atoms. The molecule has 0 radical (unpaired) electrons. The number of likely N-dealkylation sites (tertiary alicyclic amines) is 1. The van der Waals surface area contributed by atoms with E-state index in [1.54, 1.807) is 0 Å². The number of nitrogens with two attached hydrogens (primary N) is 1. The molecule has 4 heteroatoms. The number of hydrogen-bond donors (Lipinski definition) is 1. The molecule has 1 aliphatic rings. The highest BCUT2D eigenvalue weighted by Gasteiger charge is 2.22. The maximum absolute atomic E-state index is 5.52. The van der Waals surface area contributed by atoms with Crippen molar-refractivity contribution in [3.63, 3.8) is 0 Å². The quantitative estimate of drug-likeness (QED) is 0.776. The van der Waals surface area contributed by atoms with E-state index in [0.29, 0.717) is 11.7 Å². The number of rotatable bonds is 2. The van der Waals surface area contributed by atoms with Gasteiger partial charge in [0, 0.05) is 12.0 Å². The Bertz CT molecular complexity index is 289. The molecule has 0 aromatic carbocycles. The van der Waals surface area contributed by atoms with Gasteiger partial charge in [-0.05, 0) is 32.5 Å². The van der Waals surface area contributed by atoms with E-state index in [4.69, 9.17) is 10.3 Å². The van der Waals surface area contributed by atoms with Crippen molar-refractivity contribution in [3.05, 3.63) is 11.8 Å². The minimum atomic E-state index is 0.498. The van der Waals surface area contributed by atoms with Crippen molar-refractivity contribution >= 4 is 5.82 Å². The maximum Gasteiger partial charge on any atom is 0.167 e. The molecule has 0 aliphatic carbocycles. The van der Waals surface area contributed by atoms with Gasteiger partial charge in [-0.15, -0.1) is 0 Å². The number of aromatic nitrogens is 1. The largest absolute Gasteiger partial charge is 0.381 e. The average molecular weight is 195 g/mol. The first-order valence-corrected chi connectivity index (χ1v) is 5.24. The first kappa shape index (κ1) is 9.52. The molecule has 14 heavy (non-hydrogen) atoms. The van der Waals surface area contributed by atoms with Crippen LogP contribution in [0.2, 0.25) is 0 Å². The molecule has 1 saturated heterocycles. The van der Waals surface area contributed by atoms with E-state index in [-0.39, 0.29) is 0 Å². The number of piperidine rings is 1. The lowest BCUT2D eigenvalue weighted by atomic mass is 9.94. The van der Waals surface area contributed by atoms with Gasteiger partial charge < -0.3 is 15.2 Å². The van der Waals surface area contributed by atoms with Crippen molar-refractivity contribution in [2.45, 2.75) is 25.7 Å². The van der Waals surface area contributed by atoms with Gasteiger partial charge in [0.1, 0.15) is 5.76 Å². The second-order valence-electron chi connectivity index (χ2n) is 3.86. The van der Waals surface area contributed by atoms with Gasteiger partial charge in [-0.3, -0.25) is 0 Å². The molecule has 2 heterocycles. The third-order valence-electron chi connectivity index (χ3n) is 2.98. The van der Waals surface area contributed by atoms with Crippen LogP contribution in [0.3, 0.4) is 0 Å². The summed E-state index contributed by atoms with van der Waals surface area (Å²) in [6.45, 7) is 5.65. The summed E-state index contributed by atoms with van der Waals surface area (Å²) in [6, 6.07) is 1.85. The number of nitrogen functional groups attached to an aromatic ring is 1. The van der Waals surface area contributed by atoms with E-state index in [9.17, 15) is 0 Å². The van der Waals surface area contributed by atoms with Crippen LogP contribution in [-0.4, -0.2) is 29.7 Å². The molecule has 0 atom stereocenters. The zero-order valence-corrected chi connectivity index (χ0v) is 8.57. The molecule has 0 amide bonds. The predicted octanol–water partition coefficient (Wildman–Crippen LogP) is 1.46. The number of hydrogen-bond acceptors (Lipinski definition) is 4. The Labute approximate surface area is 84.0 Å². The lowest BCUT2D eigenvalue weighted by Crippen LogP contribution is -2.32. The summed E-state index contributed by atoms with van der Waals surface area (Å²) in [4.78, 5) is 2.45. The van der Waals surface area contributed by atoms with E-state index in [2.05, 4.69) is 17.0 Å². The molecule has 4 nitrogen and oxygen atoms in total. The molecular formula is C10H17N3O. The van der Waals surface area contributed by atoms with Crippen molar-refractivity contribution in [2.75, 3.05) is 25.4 Å². The smallest absolute Gasteiger partial charge is 0.167 e. The van der Waals surface area contributed by atoms with Crippen LogP contribution in [0, 0.1) is 0 Å². The molecule has 78 valence electrons. The summed E-state index contributed by atoms with van der Waals surface area (Å²) in [6.07, 6.45) is 2.31. The Morgan fingerprint density at radius 3 is 2.79 bits per heavy atom. The summed E-state index contributed by atoms with van der Waals surface area (Å²) in [7, 11) is 0. The topological polar surface area (TPSA) is 55.3 Å². The van der Waals surface area contributed by atoms with Crippen LogP contribution < -0.4 is 5.73 Å².